The first-order valence-electron chi connectivity index (χ1n) is 10.8. The summed E-state index contributed by atoms with van der Waals surface area (Å²) in [5, 5.41) is 3.20. The Morgan fingerprint density at radius 2 is 1.81 bits per heavy atom. The normalized spacial score (nSPS) is 20.5. The molecule has 2 aliphatic heterocycles. The van der Waals surface area contributed by atoms with E-state index in [2.05, 4.69) is 37.4 Å². The van der Waals surface area contributed by atoms with E-state index < -0.39 is 5.41 Å². The van der Waals surface area contributed by atoms with Gasteiger partial charge in [0.2, 0.25) is 11.8 Å². The number of carbonyl (C=O) groups is 2. The van der Waals surface area contributed by atoms with Gasteiger partial charge in [0, 0.05) is 26.2 Å². The van der Waals surface area contributed by atoms with E-state index in [1.54, 1.807) is 12.0 Å². The second kappa shape index (κ2) is 8.71. The molecule has 2 fully saturated rings. The van der Waals surface area contributed by atoms with Crippen molar-refractivity contribution in [1.82, 2.24) is 5.32 Å². The number of anilines is 1. The summed E-state index contributed by atoms with van der Waals surface area (Å²) < 4.78 is 11.0. The van der Waals surface area contributed by atoms with Crippen LogP contribution in [0.4, 0.5) is 5.69 Å². The van der Waals surface area contributed by atoms with Crippen LogP contribution < -0.4 is 15.0 Å². The van der Waals surface area contributed by atoms with Gasteiger partial charge in [-0.05, 0) is 44.4 Å². The number of nitrogens with one attached hydrogen (secondary N) is 1. The summed E-state index contributed by atoms with van der Waals surface area (Å²) in [5.74, 6) is 0.627. The molecule has 31 heavy (non-hydrogen) atoms. The Balaban J connectivity index is 1.56. The molecule has 0 bridgehead atoms. The summed E-state index contributed by atoms with van der Waals surface area (Å²) in [6.07, 6.45) is 1.56. The van der Waals surface area contributed by atoms with Crippen molar-refractivity contribution in [2.45, 2.75) is 44.6 Å². The number of aryl methyl sites for hydroxylation is 2. The van der Waals surface area contributed by atoms with Crippen molar-refractivity contribution in [1.29, 1.82) is 0 Å². The molecule has 1 N–H and O–H groups in total. The highest BCUT2D eigenvalue weighted by Crippen LogP contribution is 2.37. The average molecular weight is 423 g/mol. The van der Waals surface area contributed by atoms with Gasteiger partial charge >= 0.3 is 0 Å². The van der Waals surface area contributed by atoms with Gasteiger partial charge in [0.15, 0.2) is 0 Å². The summed E-state index contributed by atoms with van der Waals surface area (Å²) in [4.78, 5) is 28.1. The van der Waals surface area contributed by atoms with Crippen molar-refractivity contribution in [2.75, 3.05) is 31.8 Å². The van der Waals surface area contributed by atoms with E-state index in [9.17, 15) is 9.59 Å². The molecule has 4 rings (SSSR count). The summed E-state index contributed by atoms with van der Waals surface area (Å²) in [7, 11) is 1.59. The lowest BCUT2D eigenvalue weighted by molar-refractivity contribution is -0.131. The van der Waals surface area contributed by atoms with Crippen LogP contribution >= 0.6 is 0 Å². The Kier molecular flexibility index (Phi) is 6.01. The maximum Gasteiger partial charge on any atom is 0.231 e. The Bertz CT molecular complexity index is 961. The van der Waals surface area contributed by atoms with Crippen LogP contribution in [0.25, 0.3) is 0 Å². The Hall–Kier alpha value is -2.86. The lowest BCUT2D eigenvalue weighted by Crippen LogP contribution is -2.51. The minimum absolute atomic E-state index is 0.0118. The standard InChI is InChI=1S/C25H30N2O4/c1-17-12-18(2)14-19(13-17)25(8-10-31-11-9-25)24(29)26-20-15-23(28)27(16-20)21-6-4-5-7-22(21)30-3/h4-7,12-14,20H,8-11,15-16H2,1-3H3,(H,26,29)/t20-/m0/s1. The first-order chi connectivity index (χ1) is 14.9. The molecule has 2 heterocycles. The van der Waals surface area contributed by atoms with Crippen LogP contribution in [0.2, 0.25) is 0 Å². The fourth-order valence-corrected chi connectivity index (χ4v) is 4.83. The van der Waals surface area contributed by atoms with Crippen LogP contribution in [-0.2, 0) is 19.7 Å². The molecule has 0 saturated carbocycles. The molecule has 0 spiro atoms. The molecule has 2 aromatic rings. The van der Waals surface area contributed by atoms with E-state index >= 15 is 0 Å². The zero-order chi connectivity index (χ0) is 22.0. The molecule has 2 saturated heterocycles. The fraction of sp³-hybridized carbons (Fsp3) is 0.440. The van der Waals surface area contributed by atoms with Crippen molar-refractivity contribution in [3.8, 4) is 5.75 Å². The molecule has 6 nitrogen and oxygen atoms in total. The second-order valence-corrected chi connectivity index (χ2v) is 8.62. The maximum atomic E-state index is 13.7. The van der Waals surface area contributed by atoms with Gasteiger partial charge in [-0.2, -0.15) is 0 Å². The SMILES string of the molecule is COc1ccccc1N1C[C@@H](NC(=O)C2(c3cc(C)cc(C)c3)CCOCC2)CC1=O. The average Bonchev–Trinajstić information content (AvgIpc) is 3.13. The van der Waals surface area contributed by atoms with Crippen LogP contribution in [0.5, 0.6) is 5.75 Å². The van der Waals surface area contributed by atoms with Crippen LogP contribution in [0, 0.1) is 13.8 Å². The number of benzene rings is 2. The van der Waals surface area contributed by atoms with Crippen LogP contribution in [0.15, 0.2) is 42.5 Å². The van der Waals surface area contributed by atoms with Crippen molar-refractivity contribution in [3.63, 3.8) is 0 Å². The first-order valence-corrected chi connectivity index (χ1v) is 10.8. The first kappa shape index (κ1) is 21.4. The molecule has 0 unspecified atom stereocenters. The lowest BCUT2D eigenvalue weighted by Gasteiger charge is -2.37. The van der Waals surface area contributed by atoms with E-state index in [0.717, 1.165) is 22.4 Å². The van der Waals surface area contributed by atoms with Gasteiger partial charge in [-0.25, -0.2) is 0 Å². The Labute approximate surface area is 183 Å². The highest BCUT2D eigenvalue weighted by molar-refractivity contribution is 5.98. The molecule has 2 amide bonds. The molecule has 1 atom stereocenters. The number of amides is 2. The minimum atomic E-state index is -0.629. The number of rotatable bonds is 5. The molecule has 2 aliphatic rings. The van der Waals surface area contributed by atoms with Gasteiger partial charge in [0.05, 0.1) is 24.3 Å². The summed E-state index contributed by atoms with van der Waals surface area (Å²) in [6, 6.07) is 13.6. The third kappa shape index (κ3) is 4.17. The number of hydrogen-bond donors (Lipinski definition) is 1. The smallest absolute Gasteiger partial charge is 0.231 e. The van der Waals surface area contributed by atoms with Gasteiger partial charge in [-0.15, -0.1) is 0 Å². The number of carbonyl (C=O) groups excluding carboxylic acids is 2. The third-order valence-corrected chi connectivity index (χ3v) is 6.39. The van der Waals surface area contributed by atoms with Crippen LogP contribution in [-0.4, -0.2) is 44.7 Å². The molecular weight excluding hydrogens is 392 g/mol. The summed E-state index contributed by atoms with van der Waals surface area (Å²) in [5.41, 5.74) is 3.44. The zero-order valence-corrected chi connectivity index (χ0v) is 18.4. The second-order valence-electron chi connectivity index (χ2n) is 8.62. The molecule has 6 heteroatoms. The number of hydrogen-bond acceptors (Lipinski definition) is 4. The highest BCUT2D eigenvalue weighted by Gasteiger charge is 2.44. The number of methoxy groups -OCH3 is 1. The molecule has 0 radical (unpaired) electrons. The minimum Gasteiger partial charge on any atom is -0.495 e. The van der Waals surface area contributed by atoms with Gasteiger partial charge in [-0.1, -0.05) is 41.5 Å². The van der Waals surface area contributed by atoms with Crippen molar-refractivity contribution in [3.05, 3.63) is 59.2 Å². The van der Waals surface area contributed by atoms with Gasteiger partial charge in [-0.3, -0.25) is 9.59 Å². The Morgan fingerprint density at radius 3 is 2.48 bits per heavy atom. The summed E-state index contributed by atoms with van der Waals surface area (Å²) in [6.45, 7) is 5.66. The number of nitrogens with zero attached hydrogens (tertiary/aromatic N) is 1. The molecule has 0 aromatic heterocycles. The molecule has 0 aliphatic carbocycles. The van der Waals surface area contributed by atoms with Crippen LogP contribution in [0.1, 0.15) is 36.0 Å². The zero-order valence-electron chi connectivity index (χ0n) is 18.4. The molecule has 164 valence electrons. The third-order valence-electron chi connectivity index (χ3n) is 6.39. The van der Waals surface area contributed by atoms with E-state index in [0.29, 0.717) is 38.3 Å². The molecular formula is C25H30N2O4. The quantitative estimate of drug-likeness (QED) is 0.803. The van der Waals surface area contributed by atoms with Crippen LogP contribution in [0.3, 0.4) is 0 Å². The monoisotopic (exact) mass is 422 g/mol. The van der Waals surface area contributed by atoms with Gasteiger partial charge in [0.25, 0.3) is 0 Å². The predicted molar refractivity (Wildman–Crippen MR) is 120 cm³/mol. The number of para-hydroxylation sites is 2. The topological polar surface area (TPSA) is 67.9 Å². The van der Waals surface area contributed by atoms with E-state index in [1.165, 1.54) is 0 Å². The van der Waals surface area contributed by atoms with E-state index in [4.69, 9.17) is 9.47 Å². The lowest BCUT2D eigenvalue weighted by atomic mass is 9.72. The van der Waals surface area contributed by atoms with E-state index in [-0.39, 0.29) is 24.3 Å². The van der Waals surface area contributed by atoms with Crippen molar-refractivity contribution in [2.24, 2.45) is 0 Å². The Morgan fingerprint density at radius 1 is 1.13 bits per heavy atom. The largest absolute Gasteiger partial charge is 0.495 e. The summed E-state index contributed by atoms with van der Waals surface area (Å²) >= 11 is 0. The maximum absolute atomic E-state index is 13.7. The number of ether oxygens (including phenoxy) is 2. The molecule has 2 aromatic carbocycles. The van der Waals surface area contributed by atoms with Crippen molar-refractivity contribution < 1.29 is 19.1 Å². The van der Waals surface area contributed by atoms with Crippen molar-refractivity contribution >= 4 is 17.5 Å². The predicted octanol–water partition coefficient (Wildman–Crippen LogP) is 3.28. The van der Waals surface area contributed by atoms with E-state index in [1.807, 2.05) is 24.3 Å². The highest BCUT2D eigenvalue weighted by atomic mass is 16.5. The fourth-order valence-electron chi connectivity index (χ4n) is 4.83. The van der Waals surface area contributed by atoms with Gasteiger partial charge in [0.1, 0.15) is 5.75 Å². The van der Waals surface area contributed by atoms with Gasteiger partial charge < -0.3 is 19.7 Å².